The van der Waals surface area contributed by atoms with E-state index in [2.05, 4.69) is 17.4 Å². The Kier molecular flexibility index (Phi) is 7.99. The van der Waals surface area contributed by atoms with Crippen molar-refractivity contribution < 1.29 is 17.9 Å². The van der Waals surface area contributed by atoms with Crippen LogP contribution in [0.25, 0.3) is 0 Å². The maximum absolute atomic E-state index is 13.3. The number of aryl methyl sites for hydroxylation is 2. The number of hydrogen-bond donors (Lipinski definition) is 1. The van der Waals surface area contributed by atoms with Crippen molar-refractivity contribution in [2.45, 2.75) is 39.3 Å². The second kappa shape index (κ2) is 10.7. The molecule has 3 aromatic rings. The summed E-state index contributed by atoms with van der Waals surface area (Å²) in [5.41, 5.74) is 4.82. The number of rotatable bonds is 9. The van der Waals surface area contributed by atoms with Gasteiger partial charge >= 0.3 is 0 Å². The quantitative estimate of drug-likeness (QED) is 0.479. The average molecular weight is 481 g/mol. The predicted molar refractivity (Wildman–Crippen MR) is 137 cm³/mol. The molecule has 0 aliphatic heterocycles. The molecule has 0 fully saturated rings. The van der Waals surface area contributed by atoms with Crippen LogP contribution >= 0.6 is 0 Å². The lowest BCUT2D eigenvalue weighted by molar-refractivity contribution is -0.128. The summed E-state index contributed by atoms with van der Waals surface area (Å²) in [5.74, 6) is 0.282. The van der Waals surface area contributed by atoms with Gasteiger partial charge in [-0.25, -0.2) is 8.42 Å². The molecule has 34 heavy (non-hydrogen) atoms. The fourth-order valence-corrected chi connectivity index (χ4v) is 4.29. The molecule has 0 aliphatic rings. The third-order valence-electron chi connectivity index (χ3n) is 5.80. The van der Waals surface area contributed by atoms with Crippen LogP contribution in [-0.4, -0.2) is 33.7 Å². The van der Waals surface area contributed by atoms with E-state index in [0.29, 0.717) is 17.9 Å². The number of hydrogen-bond acceptors (Lipinski definition) is 4. The van der Waals surface area contributed by atoms with E-state index in [-0.39, 0.29) is 11.9 Å². The summed E-state index contributed by atoms with van der Waals surface area (Å²) in [6.07, 6.45) is 0.925. The fraction of sp³-hybridized carbons (Fsp3) is 0.296. The van der Waals surface area contributed by atoms with Crippen LogP contribution < -0.4 is 14.4 Å². The lowest BCUT2D eigenvalue weighted by Crippen LogP contribution is -2.40. The Bertz CT molecular complexity index is 1230. The predicted octanol–water partition coefficient (Wildman–Crippen LogP) is 4.76. The van der Waals surface area contributed by atoms with Crippen molar-refractivity contribution in [1.29, 1.82) is 0 Å². The summed E-state index contributed by atoms with van der Waals surface area (Å²) in [6.45, 7) is 5.99. The topological polar surface area (TPSA) is 75.7 Å². The molecule has 0 aromatic heterocycles. The van der Waals surface area contributed by atoms with Crippen molar-refractivity contribution in [1.82, 2.24) is 5.32 Å². The minimum absolute atomic E-state index is 0.214. The Morgan fingerprint density at radius 2 is 1.65 bits per heavy atom. The van der Waals surface area contributed by atoms with E-state index < -0.39 is 16.1 Å². The molecule has 2 atom stereocenters. The van der Waals surface area contributed by atoms with E-state index >= 15 is 0 Å². The summed E-state index contributed by atoms with van der Waals surface area (Å²) in [6, 6.07) is 22.4. The smallest absolute Gasteiger partial charge is 0.261 e. The van der Waals surface area contributed by atoms with Crippen molar-refractivity contribution in [3.63, 3.8) is 0 Å². The molecule has 0 heterocycles. The van der Waals surface area contributed by atoms with Crippen molar-refractivity contribution in [3.8, 4) is 5.75 Å². The highest BCUT2D eigenvalue weighted by Gasteiger charge is 2.25. The van der Waals surface area contributed by atoms with Gasteiger partial charge in [-0.05, 0) is 61.2 Å². The minimum Gasteiger partial charge on any atom is -0.481 e. The van der Waals surface area contributed by atoms with Gasteiger partial charge in [-0.15, -0.1) is 0 Å². The van der Waals surface area contributed by atoms with Gasteiger partial charge in [0.15, 0.2) is 6.10 Å². The molecule has 0 radical (unpaired) electrons. The first kappa shape index (κ1) is 25.3. The molecule has 0 spiro atoms. The van der Waals surface area contributed by atoms with Crippen LogP contribution in [0.15, 0.2) is 72.8 Å². The van der Waals surface area contributed by atoms with E-state index in [1.807, 2.05) is 57.2 Å². The molecule has 0 unspecified atom stereocenters. The number of benzene rings is 3. The molecule has 0 saturated carbocycles. The first-order valence-corrected chi connectivity index (χ1v) is 13.1. The SMILES string of the molecule is CC[C@H](Oc1ccc(N(C)S(C)(=O)=O)cc1)C(=O)N[C@@H](c1ccccc1)c1ccc(C)cc1C. The lowest BCUT2D eigenvalue weighted by Gasteiger charge is -2.25. The fourth-order valence-electron chi connectivity index (χ4n) is 3.78. The van der Waals surface area contributed by atoms with Crippen LogP contribution in [0.1, 0.15) is 41.6 Å². The zero-order chi connectivity index (χ0) is 24.9. The van der Waals surface area contributed by atoms with Crippen LogP contribution in [0.2, 0.25) is 0 Å². The zero-order valence-corrected chi connectivity index (χ0v) is 21.1. The number of anilines is 1. The number of ether oxygens (including phenoxy) is 1. The highest BCUT2D eigenvalue weighted by atomic mass is 32.2. The van der Waals surface area contributed by atoms with E-state index in [1.165, 1.54) is 16.9 Å². The van der Waals surface area contributed by atoms with Crippen molar-refractivity contribution >= 4 is 21.6 Å². The Balaban J connectivity index is 1.81. The summed E-state index contributed by atoms with van der Waals surface area (Å²) in [7, 11) is -1.86. The Morgan fingerprint density at radius 3 is 2.21 bits per heavy atom. The molecule has 6 nitrogen and oxygen atoms in total. The maximum Gasteiger partial charge on any atom is 0.261 e. The summed E-state index contributed by atoms with van der Waals surface area (Å²) in [5, 5.41) is 3.18. The van der Waals surface area contributed by atoms with Gasteiger partial charge in [0.25, 0.3) is 5.91 Å². The van der Waals surface area contributed by atoms with Crippen molar-refractivity contribution in [3.05, 3.63) is 95.1 Å². The molecular weight excluding hydrogens is 448 g/mol. The van der Waals surface area contributed by atoms with Gasteiger partial charge in [-0.2, -0.15) is 0 Å². The molecule has 1 amide bonds. The number of carbonyl (C=O) groups excluding carboxylic acids is 1. The van der Waals surface area contributed by atoms with E-state index in [4.69, 9.17) is 4.74 Å². The minimum atomic E-state index is -3.35. The second-order valence-electron chi connectivity index (χ2n) is 8.45. The zero-order valence-electron chi connectivity index (χ0n) is 20.3. The first-order chi connectivity index (χ1) is 16.1. The van der Waals surface area contributed by atoms with Gasteiger partial charge in [0.05, 0.1) is 18.0 Å². The summed E-state index contributed by atoms with van der Waals surface area (Å²) < 4.78 is 30.7. The highest BCUT2D eigenvalue weighted by molar-refractivity contribution is 7.92. The standard InChI is InChI=1S/C27H32N2O4S/c1-6-25(33-23-15-13-22(14-16-23)29(4)34(5,31)32)27(30)28-26(21-10-8-7-9-11-21)24-17-12-19(2)18-20(24)3/h7-18,25-26H,6H2,1-5H3,(H,28,30)/t25-,26-/m0/s1. The third kappa shape index (κ3) is 6.17. The summed E-state index contributed by atoms with van der Waals surface area (Å²) in [4.78, 5) is 13.3. The van der Waals surface area contributed by atoms with Crippen molar-refractivity contribution in [2.24, 2.45) is 0 Å². The molecule has 180 valence electrons. The van der Waals surface area contributed by atoms with Gasteiger partial charge in [-0.3, -0.25) is 9.10 Å². The molecule has 3 rings (SSSR count). The van der Waals surface area contributed by atoms with Gasteiger partial charge in [0.2, 0.25) is 10.0 Å². The number of amides is 1. The highest BCUT2D eigenvalue weighted by Crippen LogP contribution is 2.27. The molecule has 1 N–H and O–H groups in total. The van der Waals surface area contributed by atoms with Crippen LogP contribution in [-0.2, 0) is 14.8 Å². The van der Waals surface area contributed by atoms with Crippen LogP contribution in [0.4, 0.5) is 5.69 Å². The molecule has 3 aromatic carbocycles. The lowest BCUT2D eigenvalue weighted by atomic mass is 9.93. The van der Waals surface area contributed by atoms with E-state index in [9.17, 15) is 13.2 Å². The van der Waals surface area contributed by atoms with Gasteiger partial charge in [-0.1, -0.05) is 61.0 Å². The molecule has 0 saturated heterocycles. The second-order valence-corrected chi connectivity index (χ2v) is 10.5. The van der Waals surface area contributed by atoms with E-state index in [0.717, 1.165) is 22.9 Å². The monoisotopic (exact) mass is 480 g/mol. The normalized spacial score (nSPS) is 13.1. The number of nitrogens with one attached hydrogen (secondary N) is 1. The molecule has 0 aliphatic carbocycles. The number of sulfonamides is 1. The first-order valence-electron chi connectivity index (χ1n) is 11.2. The largest absolute Gasteiger partial charge is 0.481 e. The summed E-state index contributed by atoms with van der Waals surface area (Å²) >= 11 is 0. The van der Waals surface area contributed by atoms with E-state index in [1.54, 1.807) is 24.3 Å². The third-order valence-corrected chi connectivity index (χ3v) is 7.00. The number of carbonyl (C=O) groups is 1. The maximum atomic E-state index is 13.3. The average Bonchev–Trinajstić information content (AvgIpc) is 2.81. The Labute approximate surface area is 202 Å². The van der Waals surface area contributed by atoms with Gasteiger partial charge in [0, 0.05) is 7.05 Å². The van der Waals surface area contributed by atoms with Crippen LogP contribution in [0.5, 0.6) is 5.75 Å². The van der Waals surface area contributed by atoms with Crippen LogP contribution in [0, 0.1) is 13.8 Å². The Morgan fingerprint density at radius 1 is 1.00 bits per heavy atom. The van der Waals surface area contributed by atoms with Crippen LogP contribution in [0.3, 0.4) is 0 Å². The molecule has 7 heteroatoms. The molecule has 0 bridgehead atoms. The Hall–Kier alpha value is -3.32. The van der Waals surface area contributed by atoms with Crippen molar-refractivity contribution in [2.75, 3.05) is 17.6 Å². The molecular formula is C27H32N2O4S. The van der Waals surface area contributed by atoms with Gasteiger partial charge in [0.1, 0.15) is 5.75 Å². The van der Waals surface area contributed by atoms with Gasteiger partial charge < -0.3 is 10.1 Å². The number of nitrogens with zero attached hydrogens (tertiary/aromatic N) is 1.